The van der Waals surface area contributed by atoms with E-state index >= 15 is 0 Å². The third-order valence-electron chi connectivity index (χ3n) is 2.02. The SMILES string of the molecule is CC.CC.COS(C)(=O)=O.CS(=O)(=O)O.[Y].c1ccc(Oc2ccccc2)cc1. The first-order valence-corrected chi connectivity index (χ1v) is 12.1. The van der Waals surface area contributed by atoms with Gasteiger partial charge in [-0.2, -0.15) is 16.8 Å². The molecule has 0 heterocycles. The molecule has 0 aromatic heterocycles. The van der Waals surface area contributed by atoms with Gasteiger partial charge in [-0.15, -0.1) is 0 Å². The molecule has 165 valence electrons. The third-order valence-corrected chi connectivity index (χ3v) is 2.63. The topological polar surface area (TPSA) is 107 Å². The maximum Gasteiger partial charge on any atom is 0.264 e. The van der Waals surface area contributed by atoms with Gasteiger partial charge >= 0.3 is 0 Å². The number of benzene rings is 2. The van der Waals surface area contributed by atoms with E-state index in [1.54, 1.807) is 0 Å². The van der Waals surface area contributed by atoms with Gasteiger partial charge in [-0.3, -0.25) is 8.74 Å². The molecule has 0 unspecified atom stereocenters. The van der Waals surface area contributed by atoms with Crippen molar-refractivity contribution in [1.82, 2.24) is 0 Å². The summed E-state index contributed by atoms with van der Waals surface area (Å²) in [7, 11) is -5.71. The van der Waals surface area contributed by atoms with Crippen LogP contribution >= 0.6 is 0 Å². The van der Waals surface area contributed by atoms with E-state index in [0.717, 1.165) is 24.9 Å². The summed E-state index contributed by atoms with van der Waals surface area (Å²) in [6.07, 6.45) is 1.71. The van der Waals surface area contributed by atoms with Crippen molar-refractivity contribution in [3.63, 3.8) is 0 Å². The summed E-state index contributed by atoms with van der Waals surface area (Å²) in [6, 6.07) is 19.5. The van der Waals surface area contributed by atoms with E-state index in [-0.39, 0.29) is 32.7 Å². The molecule has 29 heavy (non-hydrogen) atoms. The molecule has 2 aromatic rings. The summed E-state index contributed by atoms with van der Waals surface area (Å²) in [6.45, 7) is 8.00. The van der Waals surface area contributed by atoms with Gasteiger partial charge in [0.25, 0.3) is 20.2 Å². The van der Waals surface area contributed by atoms with Crippen molar-refractivity contribution in [2.75, 3.05) is 19.6 Å². The van der Waals surface area contributed by atoms with Crippen LogP contribution in [-0.4, -0.2) is 41.0 Å². The maximum absolute atomic E-state index is 9.78. The molecule has 2 aromatic carbocycles. The molecular weight excluding hydrogens is 493 g/mol. The summed E-state index contributed by atoms with van der Waals surface area (Å²) < 4.78 is 54.9. The maximum atomic E-state index is 9.78. The summed E-state index contributed by atoms with van der Waals surface area (Å²) in [5.74, 6) is 1.74. The second-order valence-electron chi connectivity index (χ2n) is 4.33. The van der Waals surface area contributed by atoms with Crippen LogP contribution in [0, 0.1) is 0 Å². The Morgan fingerprint density at radius 2 is 0.897 bits per heavy atom. The Hall–Kier alpha value is -0.836. The first kappa shape index (κ1) is 35.6. The molecule has 0 bridgehead atoms. The predicted octanol–water partition coefficient (Wildman–Crippen LogP) is 4.63. The molecule has 0 saturated carbocycles. The molecule has 1 radical (unpaired) electrons. The fourth-order valence-electron chi connectivity index (χ4n) is 1.11. The van der Waals surface area contributed by atoms with Crippen molar-refractivity contribution < 1.29 is 63.0 Å². The van der Waals surface area contributed by atoms with E-state index in [2.05, 4.69) is 4.18 Å². The number of hydrogen-bond acceptors (Lipinski definition) is 6. The second kappa shape index (κ2) is 21.9. The molecule has 0 saturated heterocycles. The molecule has 0 aliphatic rings. The van der Waals surface area contributed by atoms with Crippen LogP contribution in [0.5, 0.6) is 11.5 Å². The van der Waals surface area contributed by atoms with Gasteiger partial charge < -0.3 is 4.74 Å². The zero-order valence-corrected chi connectivity index (χ0v) is 22.5. The summed E-state index contributed by atoms with van der Waals surface area (Å²) >= 11 is 0. The van der Waals surface area contributed by atoms with Gasteiger partial charge in [0.05, 0.1) is 19.6 Å². The predicted molar refractivity (Wildman–Crippen MR) is 115 cm³/mol. The normalized spacial score (nSPS) is 9.10. The Balaban J connectivity index is -0.000000167. The van der Waals surface area contributed by atoms with Gasteiger partial charge in [0, 0.05) is 32.7 Å². The summed E-state index contributed by atoms with van der Waals surface area (Å²) in [5.41, 5.74) is 0. The molecule has 0 amide bonds. The number of ether oxygens (including phenoxy) is 1. The monoisotopic (exact) mass is 525 g/mol. The zero-order valence-electron chi connectivity index (χ0n) is 18.1. The number of hydrogen-bond donors (Lipinski definition) is 1. The zero-order chi connectivity index (χ0) is 22.6. The van der Waals surface area contributed by atoms with E-state index in [1.807, 2.05) is 88.4 Å². The average molecular weight is 525 g/mol. The van der Waals surface area contributed by atoms with Crippen LogP contribution < -0.4 is 4.74 Å². The summed E-state index contributed by atoms with van der Waals surface area (Å²) in [5, 5.41) is 0. The quantitative estimate of drug-likeness (QED) is 0.460. The largest absolute Gasteiger partial charge is 0.457 e. The van der Waals surface area contributed by atoms with Crippen LogP contribution in [-0.2, 0) is 57.1 Å². The van der Waals surface area contributed by atoms with Gasteiger partial charge in [-0.05, 0) is 24.3 Å². The van der Waals surface area contributed by atoms with E-state index < -0.39 is 20.2 Å². The molecule has 0 fully saturated rings. The molecule has 1 N–H and O–H groups in total. The molecule has 2 rings (SSSR count). The first-order chi connectivity index (χ1) is 13.0. The van der Waals surface area contributed by atoms with Crippen LogP contribution in [0.4, 0.5) is 0 Å². The van der Waals surface area contributed by atoms with Crippen molar-refractivity contribution in [2.45, 2.75) is 27.7 Å². The van der Waals surface area contributed by atoms with E-state index in [0.29, 0.717) is 6.26 Å². The van der Waals surface area contributed by atoms with Crippen LogP contribution in [0.3, 0.4) is 0 Å². The Kier molecular flexibility index (Phi) is 26.8. The number of rotatable bonds is 3. The molecule has 7 nitrogen and oxygen atoms in total. The fraction of sp³-hybridized carbons (Fsp3) is 0.368. The van der Waals surface area contributed by atoms with Crippen LogP contribution in [0.15, 0.2) is 60.7 Å². The van der Waals surface area contributed by atoms with E-state index in [4.69, 9.17) is 9.29 Å². The number of para-hydroxylation sites is 2. The molecule has 10 heteroatoms. The minimum atomic E-state index is -3.67. The molecule has 0 aliphatic heterocycles. The van der Waals surface area contributed by atoms with Crippen LogP contribution in [0.25, 0.3) is 0 Å². The van der Waals surface area contributed by atoms with Gasteiger partial charge in [0.2, 0.25) is 0 Å². The Morgan fingerprint density at radius 3 is 1.07 bits per heavy atom. The minimum absolute atomic E-state index is 0. The minimum Gasteiger partial charge on any atom is -0.457 e. The van der Waals surface area contributed by atoms with Crippen molar-refractivity contribution in [3.05, 3.63) is 60.7 Å². The Morgan fingerprint density at radius 1 is 0.690 bits per heavy atom. The van der Waals surface area contributed by atoms with Gasteiger partial charge in [0.15, 0.2) is 0 Å². The van der Waals surface area contributed by atoms with Crippen molar-refractivity contribution in [2.24, 2.45) is 0 Å². The standard InChI is InChI=1S/C12H10O.C2H6O3S.2C2H6.CH4O3S.Y/c1-3-7-11(8-4-1)13-12-9-5-2-6-10-12;1-5-6(2,3)4;2*1-2;1-5(2,3)4;/h1-10H;1-2H3;2*1-2H3;1H3,(H,2,3,4);. The van der Waals surface area contributed by atoms with Gasteiger partial charge in [-0.25, -0.2) is 0 Å². The molecule has 0 atom stereocenters. The van der Waals surface area contributed by atoms with Crippen molar-refractivity contribution in [1.29, 1.82) is 0 Å². The summed E-state index contributed by atoms with van der Waals surface area (Å²) in [4.78, 5) is 0. The first-order valence-electron chi connectivity index (χ1n) is 8.47. The van der Waals surface area contributed by atoms with Crippen molar-refractivity contribution >= 4 is 20.2 Å². The van der Waals surface area contributed by atoms with Crippen molar-refractivity contribution in [3.8, 4) is 11.5 Å². The molecule has 0 spiro atoms. The van der Waals surface area contributed by atoms with Crippen LogP contribution in [0.2, 0.25) is 0 Å². The molecular formula is C19H32O7S2Y. The van der Waals surface area contributed by atoms with E-state index in [9.17, 15) is 16.8 Å². The Labute approximate surface area is 201 Å². The van der Waals surface area contributed by atoms with Gasteiger partial charge in [-0.1, -0.05) is 64.1 Å². The average Bonchev–Trinajstić information content (AvgIpc) is 2.65. The third kappa shape index (κ3) is 35.0. The Bertz CT molecular complexity index is 734. The second-order valence-corrected chi connectivity index (χ2v) is 7.54. The fourth-order valence-corrected chi connectivity index (χ4v) is 1.11. The van der Waals surface area contributed by atoms with E-state index in [1.165, 1.54) is 0 Å². The molecule has 0 aliphatic carbocycles. The van der Waals surface area contributed by atoms with Gasteiger partial charge in [0.1, 0.15) is 11.5 Å². The smallest absolute Gasteiger partial charge is 0.264 e. The van der Waals surface area contributed by atoms with Crippen LogP contribution in [0.1, 0.15) is 27.7 Å².